The summed E-state index contributed by atoms with van der Waals surface area (Å²) in [5.41, 5.74) is 5.96. The maximum absolute atomic E-state index is 3.63. The Morgan fingerprint density at radius 2 is 1.55 bits per heavy atom. The Morgan fingerprint density at radius 3 is 2.00 bits per heavy atom. The van der Waals surface area contributed by atoms with Crippen LogP contribution in [0.1, 0.15) is 50.2 Å². The Bertz CT molecular complexity index is 584. The summed E-state index contributed by atoms with van der Waals surface area (Å²) in [5, 5.41) is 0. The summed E-state index contributed by atoms with van der Waals surface area (Å²) in [6, 6.07) is 20.9. The summed E-state index contributed by atoms with van der Waals surface area (Å²) < 4.78 is 0. The van der Waals surface area contributed by atoms with Crippen LogP contribution in [0.5, 0.6) is 0 Å². The molecule has 0 heterocycles. The van der Waals surface area contributed by atoms with Crippen LogP contribution in [0.25, 0.3) is 11.6 Å². The topological polar surface area (TPSA) is 0 Å². The molecule has 3 rings (SSSR count). The van der Waals surface area contributed by atoms with E-state index in [0.717, 1.165) is 0 Å². The second-order valence-corrected chi connectivity index (χ2v) is 5.67. The van der Waals surface area contributed by atoms with E-state index in [1.54, 1.807) is 11.1 Å². The minimum atomic E-state index is 1.17. The maximum atomic E-state index is 3.63. The number of benzene rings is 2. The van der Waals surface area contributed by atoms with Crippen LogP contribution in [-0.4, -0.2) is 0 Å². The minimum absolute atomic E-state index is 1.17. The molecule has 1 fully saturated rings. The smallest absolute Gasteiger partial charge is 0.0225 e. The van der Waals surface area contributed by atoms with Gasteiger partial charge in [0.1, 0.15) is 0 Å². The van der Waals surface area contributed by atoms with Crippen LogP contribution in [-0.2, 0) is 0 Å². The lowest BCUT2D eigenvalue weighted by Crippen LogP contribution is -1.84. The number of allylic oxidation sites excluding steroid dienone is 2. The molecule has 1 saturated carbocycles. The fourth-order valence-corrected chi connectivity index (χ4v) is 2.47. The Kier molecular flexibility index (Phi) is 6.70. The third-order valence-corrected chi connectivity index (χ3v) is 3.86. The number of unbranched alkanes of at least 4 members (excludes halogenated alkanes) is 1. The van der Waals surface area contributed by atoms with Crippen LogP contribution in [0.3, 0.4) is 0 Å². The Labute approximate surface area is 135 Å². The quantitative estimate of drug-likeness (QED) is 0.571. The van der Waals surface area contributed by atoms with Gasteiger partial charge in [-0.05, 0) is 42.4 Å². The van der Waals surface area contributed by atoms with Gasteiger partial charge in [0.15, 0.2) is 0 Å². The van der Waals surface area contributed by atoms with E-state index in [2.05, 4.69) is 43.8 Å². The van der Waals surface area contributed by atoms with Crippen LogP contribution in [0.4, 0.5) is 0 Å². The van der Waals surface area contributed by atoms with Crippen molar-refractivity contribution in [1.29, 1.82) is 0 Å². The van der Waals surface area contributed by atoms with Crippen LogP contribution in [0.15, 0.2) is 72.8 Å². The number of hydrogen-bond acceptors (Lipinski definition) is 0. The van der Waals surface area contributed by atoms with Gasteiger partial charge < -0.3 is 0 Å². The average molecular weight is 290 g/mol. The van der Waals surface area contributed by atoms with Gasteiger partial charge >= 0.3 is 0 Å². The van der Waals surface area contributed by atoms with Crippen molar-refractivity contribution in [2.24, 2.45) is 0 Å². The SMILES string of the molecule is C=Cc1ccccc1.CCCCC(=C1CC1)c1ccccc1. The molecule has 0 nitrogen and oxygen atoms in total. The molecular weight excluding hydrogens is 264 g/mol. The van der Waals surface area contributed by atoms with Crippen molar-refractivity contribution >= 4 is 11.6 Å². The highest BCUT2D eigenvalue weighted by molar-refractivity contribution is 5.71. The molecule has 0 aliphatic heterocycles. The van der Waals surface area contributed by atoms with Gasteiger partial charge in [0, 0.05) is 0 Å². The van der Waals surface area contributed by atoms with Gasteiger partial charge in [0.05, 0.1) is 0 Å². The zero-order valence-corrected chi connectivity index (χ0v) is 13.6. The van der Waals surface area contributed by atoms with E-state index in [4.69, 9.17) is 0 Å². The van der Waals surface area contributed by atoms with Gasteiger partial charge in [-0.3, -0.25) is 0 Å². The zero-order valence-electron chi connectivity index (χ0n) is 13.6. The normalized spacial score (nSPS) is 12.1. The lowest BCUT2D eigenvalue weighted by molar-refractivity contribution is 0.823. The number of rotatable bonds is 5. The van der Waals surface area contributed by atoms with Crippen molar-refractivity contribution in [3.8, 4) is 0 Å². The molecule has 0 heteroatoms. The average Bonchev–Trinajstić information content (AvgIpc) is 3.43. The van der Waals surface area contributed by atoms with Crippen LogP contribution in [0.2, 0.25) is 0 Å². The van der Waals surface area contributed by atoms with E-state index in [-0.39, 0.29) is 0 Å². The van der Waals surface area contributed by atoms with Gasteiger partial charge in [-0.25, -0.2) is 0 Å². The molecule has 0 N–H and O–H groups in total. The molecular formula is C22H26. The van der Waals surface area contributed by atoms with Gasteiger partial charge in [0.2, 0.25) is 0 Å². The first-order valence-corrected chi connectivity index (χ1v) is 8.29. The summed E-state index contributed by atoms with van der Waals surface area (Å²) in [5.74, 6) is 0. The third-order valence-electron chi connectivity index (χ3n) is 3.86. The van der Waals surface area contributed by atoms with Crippen molar-refractivity contribution in [2.45, 2.75) is 39.0 Å². The van der Waals surface area contributed by atoms with E-state index in [1.165, 1.54) is 43.2 Å². The molecule has 0 radical (unpaired) electrons. The largest absolute Gasteiger partial charge is 0.0985 e. The highest BCUT2D eigenvalue weighted by Gasteiger charge is 2.17. The summed E-state index contributed by atoms with van der Waals surface area (Å²) in [6.45, 7) is 5.89. The second-order valence-electron chi connectivity index (χ2n) is 5.67. The van der Waals surface area contributed by atoms with Crippen molar-refractivity contribution < 1.29 is 0 Å². The predicted octanol–water partition coefficient (Wildman–Crippen LogP) is 6.75. The molecule has 114 valence electrons. The molecule has 0 atom stereocenters. The first-order valence-electron chi connectivity index (χ1n) is 8.29. The van der Waals surface area contributed by atoms with Crippen molar-refractivity contribution in [3.63, 3.8) is 0 Å². The molecule has 0 bridgehead atoms. The Balaban J connectivity index is 0.000000188. The first kappa shape index (κ1) is 16.3. The highest BCUT2D eigenvalue weighted by atomic mass is 14.2. The summed E-state index contributed by atoms with van der Waals surface area (Å²) in [7, 11) is 0. The van der Waals surface area contributed by atoms with Gasteiger partial charge in [0.25, 0.3) is 0 Å². The van der Waals surface area contributed by atoms with E-state index >= 15 is 0 Å². The van der Waals surface area contributed by atoms with Crippen molar-refractivity contribution in [3.05, 3.63) is 83.9 Å². The lowest BCUT2D eigenvalue weighted by Gasteiger charge is -2.06. The van der Waals surface area contributed by atoms with Crippen LogP contribution >= 0.6 is 0 Å². The Hall–Kier alpha value is -2.08. The van der Waals surface area contributed by atoms with E-state index in [9.17, 15) is 0 Å². The fourth-order valence-electron chi connectivity index (χ4n) is 2.47. The summed E-state index contributed by atoms with van der Waals surface area (Å²) >= 11 is 0. The monoisotopic (exact) mass is 290 g/mol. The second kappa shape index (κ2) is 9.04. The maximum Gasteiger partial charge on any atom is -0.0225 e. The van der Waals surface area contributed by atoms with Gasteiger partial charge in [-0.15, -0.1) is 0 Å². The Morgan fingerprint density at radius 1 is 0.955 bits per heavy atom. The standard InChI is InChI=1S/C14H18.C8H8/c1-2-3-9-14(13-10-11-13)12-7-5-4-6-8-12;1-2-8-6-4-3-5-7-8/h4-8H,2-3,9-11H2,1H3;2-7H,1H2. The van der Waals surface area contributed by atoms with E-state index in [0.29, 0.717) is 0 Å². The van der Waals surface area contributed by atoms with Gasteiger partial charge in [-0.2, -0.15) is 0 Å². The fraction of sp³-hybridized carbons (Fsp3) is 0.273. The van der Waals surface area contributed by atoms with E-state index in [1.807, 2.05) is 36.4 Å². The minimum Gasteiger partial charge on any atom is -0.0985 e. The van der Waals surface area contributed by atoms with Crippen LogP contribution < -0.4 is 0 Å². The summed E-state index contributed by atoms with van der Waals surface area (Å²) in [4.78, 5) is 0. The predicted molar refractivity (Wildman–Crippen MR) is 98.7 cm³/mol. The first-order chi connectivity index (χ1) is 10.8. The molecule has 0 aromatic heterocycles. The molecule has 0 amide bonds. The molecule has 0 spiro atoms. The zero-order chi connectivity index (χ0) is 15.6. The third kappa shape index (κ3) is 5.37. The van der Waals surface area contributed by atoms with Crippen molar-refractivity contribution in [1.82, 2.24) is 0 Å². The molecule has 0 unspecified atom stereocenters. The molecule has 2 aromatic carbocycles. The van der Waals surface area contributed by atoms with Gasteiger partial charge in [-0.1, -0.05) is 92.2 Å². The molecule has 2 aromatic rings. The highest BCUT2D eigenvalue weighted by Crippen LogP contribution is 2.38. The van der Waals surface area contributed by atoms with E-state index < -0.39 is 0 Å². The molecule has 22 heavy (non-hydrogen) atoms. The summed E-state index contributed by atoms with van der Waals surface area (Å²) in [6.07, 6.45) is 8.41. The molecule has 0 saturated heterocycles. The lowest BCUT2D eigenvalue weighted by atomic mass is 9.99. The van der Waals surface area contributed by atoms with Crippen molar-refractivity contribution in [2.75, 3.05) is 0 Å². The van der Waals surface area contributed by atoms with Crippen LogP contribution in [0, 0.1) is 0 Å². The molecule has 1 aliphatic rings. The molecule has 1 aliphatic carbocycles. The number of hydrogen-bond donors (Lipinski definition) is 0.